The molecule has 0 spiro atoms. The number of pyridine rings is 1. The lowest BCUT2D eigenvalue weighted by Crippen LogP contribution is -2.42. The standard InChI is InChI=1S/C18H22N2O3/c1-11-8-12(4-5-14(11)19)23-16-6-7-20-15-10-18(22-3)17(21-2)9-13(15)16/h4-11,14,17-18H,19H2,1-3H3. The van der Waals surface area contributed by atoms with Crippen molar-refractivity contribution in [2.75, 3.05) is 14.2 Å². The van der Waals surface area contributed by atoms with Gasteiger partial charge in [0, 0.05) is 31.7 Å². The highest BCUT2D eigenvalue weighted by atomic mass is 16.5. The fraction of sp³-hybridized carbons (Fsp3) is 0.389. The van der Waals surface area contributed by atoms with Crippen LogP contribution in [0.15, 0.2) is 36.3 Å². The molecule has 2 N–H and O–H groups in total. The zero-order valence-corrected chi connectivity index (χ0v) is 13.6. The normalized spacial score (nSPS) is 29.1. The Morgan fingerprint density at radius 1 is 1.09 bits per heavy atom. The van der Waals surface area contributed by atoms with Crippen LogP contribution in [0, 0.1) is 5.92 Å². The van der Waals surface area contributed by atoms with Gasteiger partial charge in [0.25, 0.3) is 0 Å². The Labute approximate surface area is 135 Å². The molecule has 0 saturated heterocycles. The second-order valence-electron chi connectivity index (χ2n) is 5.81. The summed E-state index contributed by atoms with van der Waals surface area (Å²) in [7, 11) is 3.33. The van der Waals surface area contributed by atoms with Gasteiger partial charge in [-0.05, 0) is 36.3 Å². The molecular weight excluding hydrogens is 292 g/mol. The molecule has 5 nitrogen and oxygen atoms in total. The van der Waals surface area contributed by atoms with E-state index in [4.69, 9.17) is 19.9 Å². The van der Waals surface area contributed by atoms with Gasteiger partial charge in [-0.15, -0.1) is 0 Å². The van der Waals surface area contributed by atoms with Crippen molar-refractivity contribution >= 4 is 12.2 Å². The van der Waals surface area contributed by atoms with Crippen LogP contribution in [0.4, 0.5) is 0 Å². The lowest BCUT2D eigenvalue weighted by Gasteiger charge is -2.23. The molecule has 23 heavy (non-hydrogen) atoms. The third-order valence-electron chi connectivity index (χ3n) is 4.25. The number of rotatable bonds is 4. The van der Waals surface area contributed by atoms with Gasteiger partial charge in [-0.25, -0.2) is 0 Å². The number of nitrogens with two attached hydrogens (primary N) is 1. The van der Waals surface area contributed by atoms with Crippen LogP contribution in [0.5, 0.6) is 5.75 Å². The summed E-state index contributed by atoms with van der Waals surface area (Å²) in [5.74, 6) is 1.79. The number of allylic oxidation sites excluding steroid dienone is 1. The van der Waals surface area contributed by atoms with Crippen molar-refractivity contribution in [1.29, 1.82) is 0 Å². The van der Waals surface area contributed by atoms with Gasteiger partial charge in [-0.3, -0.25) is 4.98 Å². The van der Waals surface area contributed by atoms with Crippen molar-refractivity contribution in [3.8, 4) is 5.75 Å². The first-order valence-corrected chi connectivity index (χ1v) is 7.70. The largest absolute Gasteiger partial charge is 0.457 e. The first-order chi connectivity index (χ1) is 11.1. The summed E-state index contributed by atoms with van der Waals surface area (Å²) >= 11 is 0. The molecule has 0 bridgehead atoms. The van der Waals surface area contributed by atoms with Crippen LogP contribution in [0.2, 0.25) is 0 Å². The molecule has 122 valence electrons. The molecule has 3 rings (SSSR count). The van der Waals surface area contributed by atoms with Crippen molar-refractivity contribution < 1.29 is 14.2 Å². The van der Waals surface area contributed by atoms with Gasteiger partial charge in [0.2, 0.25) is 0 Å². The summed E-state index contributed by atoms with van der Waals surface area (Å²) < 4.78 is 17.0. The van der Waals surface area contributed by atoms with Gasteiger partial charge in [-0.1, -0.05) is 13.0 Å². The van der Waals surface area contributed by atoms with Crippen LogP contribution in [0.3, 0.4) is 0 Å². The van der Waals surface area contributed by atoms with Crippen LogP contribution in [-0.2, 0) is 9.47 Å². The molecule has 4 unspecified atom stereocenters. The van der Waals surface area contributed by atoms with E-state index in [0.29, 0.717) is 0 Å². The maximum atomic E-state index is 6.07. The Hall–Kier alpha value is -1.95. The number of ether oxygens (including phenoxy) is 3. The zero-order chi connectivity index (χ0) is 16.4. The maximum absolute atomic E-state index is 6.07. The average Bonchev–Trinajstić information content (AvgIpc) is 2.57. The summed E-state index contributed by atoms with van der Waals surface area (Å²) in [4.78, 5) is 4.41. The van der Waals surface area contributed by atoms with Crippen LogP contribution in [0.25, 0.3) is 12.2 Å². The van der Waals surface area contributed by atoms with Crippen LogP contribution in [0.1, 0.15) is 6.92 Å². The van der Waals surface area contributed by atoms with Gasteiger partial charge in [0.05, 0.1) is 5.35 Å². The van der Waals surface area contributed by atoms with E-state index >= 15 is 0 Å². The number of hydrogen-bond acceptors (Lipinski definition) is 5. The number of hydrogen-bond donors (Lipinski definition) is 1. The van der Waals surface area contributed by atoms with Crippen molar-refractivity contribution in [1.82, 2.24) is 4.98 Å². The van der Waals surface area contributed by atoms with Crippen molar-refractivity contribution in [3.05, 3.63) is 46.8 Å². The van der Waals surface area contributed by atoms with Gasteiger partial charge in [-0.2, -0.15) is 0 Å². The summed E-state index contributed by atoms with van der Waals surface area (Å²) in [5, 5.41) is 1.76. The quantitative estimate of drug-likeness (QED) is 0.876. The molecule has 0 fully saturated rings. The van der Waals surface area contributed by atoms with Gasteiger partial charge < -0.3 is 19.9 Å². The fourth-order valence-electron chi connectivity index (χ4n) is 2.78. The highest BCUT2D eigenvalue weighted by Crippen LogP contribution is 2.18. The molecule has 1 aromatic rings. The Balaban J connectivity index is 1.98. The number of aromatic nitrogens is 1. The average molecular weight is 314 g/mol. The van der Waals surface area contributed by atoms with Crippen molar-refractivity contribution in [2.24, 2.45) is 11.7 Å². The van der Waals surface area contributed by atoms with Crippen molar-refractivity contribution in [3.63, 3.8) is 0 Å². The predicted molar refractivity (Wildman–Crippen MR) is 89.0 cm³/mol. The van der Waals surface area contributed by atoms with E-state index in [0.717, 1.165) is 22.1 Å². The first kappa shape index (κ1) is 15.9. The molecule has 0 amide bonds. The minimum atomic E-state index is -0.165. The second kappa shape index (κ2) is 6.66. The molecule has 0 aromatic carbocycles. The molecule has 4 atom stereocenters. The lowest BCUT2D eigenvalue weighted by molar-refractivity contribution is 0.0303. The summed E-state index contributed by atoms with van der Waals surface area (Å²) in [6.07, 6.45) is 11.3. The third kappa shape index (κ3) is 3.22. The molecule has 5 heteroatoms. The van der Waals surface area contributed by atoms with Crippen LogP contribution >= 0.6 is 0 Å². The minimum Gasteiger partial charge on any atom is -0.457 e. The van der Waals surface area contributed by atoms with Crippen LogP contribution < -0.4 is 21.0 Å². The Morgan fingerprint density at radius 3 is 2.52 bits per heavy atom. The third-order valence-corrected chi connectivity index (χ3v) is 4.25. The zero-order valence-electron chi connectivity index (χ0n) is 13.6. The van der Waals surface area contributed by atoms with E-state index in [9.17, 15) is 0 Å². The van der Waals surface area contributed by atoms with E-state index in [1.54, 1.807) is 20.4 Å². The van der Waals surface area contributed by atoms with Gasteiger partial charge in [0.1, 0.15) is 23.7 Å². The molecule has 0 aliphatic heterocycles. The summed E-state index contributed by atoms with van der Waals surface area (Å²) in [5.41, 5.74) is 5.97. The molecule has 1 aromatic heterocycles. The Kier molecular flexibility index (Phi) is 4.61. The lowest BCUT2D eigenvalue weighted by atomic mass is 9.97. The molecule has 1 heterocycles. The molecule has 2 aliphatic carbocycles. The fourth-order valence-corrected chi connectivity index (χ4v) is 2.78. The smallest absolute Gasteiger partial charge is 0.138 e. The molecule has 2 aliphatic rings. The highest BCUT2D eigenvalue weighted by Gasteiger charge is 2.21. The minimum absolute atomic E-state index is 0.0360. The maximum Gasteiger partial charge on any atom is 0.138 e. The van der Waals surface area contributed by atoms with E-state index < -0.39 is 0 Å². The van der Waals surface area contributed by atoms with Crippen molar-refractivity contribution in [2.45, 2.75) is 25.2 Å². The predicted octanol–water partition coefficient (Wildman–Crippen LogP) is 0.482. The van der Waals surface area contributed by atoms with Crippen LogP contribution in [-0.4, -0.2) is 37.5 Å². The van der Waals surface area contributed by atoms with E-state index in [1.165, 1.54) is 0 Å². The molecule has 0 saturated carbocycles. The van der Waals surface area contributed by atoms with E-state index in [2.05, 4.69) is 11.9 Å². The summed E-state index contributed by atoms with van der Waals surface area (Å²) in [6.45, 7) is 2.07. The number of nitrogens with zero attached hydrogens (tertiary/aromatic N) is 1. The summed E-state index contributed by atoms with van der Waals surface area (Å²) in [6, 6.07) is 1.89. The number of fused-ring (bicyclic) bond motifs is 1. The molecule has 0 radical (unpaired) electrons. The van der Waals surface area contributed by atoms with Gasteiger partial charge in [0.15, 0.2) is 0 Å². The topological polar surface area (TPSA) is 66.6 Å². The molecular formula is C18H22N2O3. The Morgan fingerprint density at radius 2 is 1.83 bits per heavy atom. The number of methoxy groups -OCH3 is 2. The SMILES string of the molecule is COC1C=c2nccc(OC3=CC(C)C(N)C=C3)c2=CC1OC. The monoisotopic (exact) mass is 314 g/mol. The van der Waals surface area contributed by atoms with E-state index in [-0.39, 0.29) is 24.2 Å². The second-order valence-corrected chi connectivity index (χ2v) is 5.81. The first-order valence-electron chi connectivity index (χ1n) is 7.70. The Bertz CT molecular complexity index is 754. The van der Waals surface area contributed by atoms with E-state index in [1.807, 2.05) is 36.4 Å². The highest BCUT2D eigenvalue weighted by molar-refractivity contribution is 5.49. The van der Waals surface area contributed by atoms with Gasteiger partial charge >= 0.3 is 0 Å².